The first-order valence-electron chi connectivity index (χ1n) is 5.12. The Balaban J connectivity index is 2.20. The summed E-state index contributed by atoms with van der Waals surface area (Å²) in [5.74, 6) is 0.817. The molecule has 2 rings (SSSR count). The maximum atomic E-state index is 8.97. The summed E-state index contributed by atoms with van der Waals surface area (Å²) in [6.07, 6.45) is 2.85. The van der Waals surface area contributed by atoms with Crippen molar-refractivity contribution in [1.29, 1.82) is 5.26 Å². The fourth-order valence-corrected chi connectivity index (χ4v) is 1.92. The second-order valence-electron chi connectivity index (χ2n) is 3.71. The first-order chi connectivity index (χ1) is 7.35. The number of aromatic nitrogens is 1. The molecule has 15 heavy (non-hydrogen) atoms. The van der Waals surface area contributed by atoms with E-state index in [4.69, 9.17) is 5.26 Å². The van der Waals surface area contributed by atoms with Gasteiger partial charge in [0.15, 0.2) is 0 Å². The summed E-state index contributed by atoms with van der Waals surface area (Å²) in [6, 6.07) is 6.31. The highest BCUT2D eigenvalue weighted by Gasteiger charge is 2.23. The minimum absolute atomic E-state index is 0.513. The van der Waals surface area contributed by atoms with Gasteiger partial charge in [-0.25, -0.2) is 4.98 Å². The van der Waals surface area contributed by atoms with Crippen molar-refractivity contribution in [2.75, 3.05) is 25.0 Å². The molecule has 0 aliphatic carbocycles. The van der Waals surface area contributed by atoms with Gasteiger partial charge in [0.1, 0.15) is 11.9 Å². The van der Waals surface area contributed by atoms with Crippen LogP contribution in [0, 0.1) is 11.3 Å². The number of nitrogens with zero attached hydrogens (tertiary/aromatic N) is 3. The second kappa shape index (κ2) is 4.28. The summed E-state index contributed by atoms with van der Waals surface area (Å²) in [5.41, 5.74) is 0.661. The van der Waals surface area contributed by atoms with E-state index in [1.807, 2.05) is 13.1 Å². The van der Waals surface area contributed by atoms with Crippen LogP contribution in [0.5, 0.6) is 0 Å². The van der Waals surface area contributed by atoms with Crippen LogP contribution in [-0.2, 0) is 0 Å². The zero-order valence-corrected chi connectivity index (χ0v) is 8.77. The molecule has 0 amide bonds. The highest BCUT2D eigenvalue weighted by Crippen LogP contribution is 2.21. The molecule has 1 aromatic rings. The number of nitriles is 1. The normalized spacial score (nSPS) is 20.3. The first-order valence-corrected chi connectivity index (χ1v) is 5.12. The van der Waals surface area contributed by atoms with E-state index in [1.165, 1.54) is 0 Å². The quantitative estimate of drug-likeness (QED) is 0.769. The summed E-state index contributed by atoms with van der Waals surface area (Å²) >= 11 is 0. The third kappa shape index (κ3) is 1.92. The van der Waals surface area contributed by atoms with Gasteiger partial charge in [-0.1, -0.05) is 0 Å². The standard InChI is InChI=1S/C11H14N4/c1-13-10-4-6-15(8-10)11-9(7-12)3-2-5-14-11/h2-3,5,10,13H,4,6,8H2,1H3. The fraction of sp³-hybridized carbons (Fsp3) is 0.455. The lowest BCUT2D eigenvalue weighted by Gasteiger charge is -2.18. The topological polar surface area (TPSA) is 52.0 Å². The molecule has 0 spiro atoms. The Hall–Kier alpha value is -1.60. The SMILES string of the molecule is CNC1CCN(c2ncccc2C#N)C1. The lowest BCUT2D eigenvalue weighted by atomic mass is 10.2. The van der Waals surface area contributed by atoms with E-state index in [0.717, 1.165) is 25.3 Å². The third-order valence-electron chi connectivity index (χ3n) is 2.80. The van der Waals surface area contributed by atoms with Crippen molar-refractivity contribution in [3.8, 4) is 6.07 Å². The van der Waals surface area contributed by atoms with Crippen molar-refractivity contribution in [3.05, 3.63) is 23.9 Å². The summed E-state index contributed by atoms with van der Waals surface area (Å²) in [6.45, 7) is 1.90. The molecule has 1 fully saturated rings. The van der Waals surface area contributed by atoms with E-state index in [2.05, 4.69) is 21.3 Å². The molecule has 1 aromatic heterocycles. The molecule has 0 bridgehead atoms. The van der Waals surface area contributed by atoms with Crippen LogP contribution in [0.3, 0.4) is 0 Å². The smallest absolute Gasteiger partial charge is 0.146 e. The Morgan fingerprint density at radius 3 is 3.20 bits per heavy atom. The second-order valence-corrected chi connectivity index (χ2v) is 3.71. The van der Waals surface area contributed by atoms with Gasteiger partial charge < -0.3 is 10.2 Å². The van der Waals surface area contributed by atoms with Gasteiger partial charge in [-0.3, -0.25) is 0 Å². The lowest BCUT2D eigenvalue weighted by Crippen LogP contribution is -2.30. The molecule has 0 saturated carbocycles. The van der Waals surface area contributed by atoms with Crippen molar-refractivity contribution >= 4 is 5.82 Å². The van der Waals surface area contributed by atoms with Crippen LogP contribution >= 0.6 is 0 Å². The number of hydrogen-bond donors (Lipinski definition) is 1. The number of rotatable bonds is 2. The molecule has 1 aliphatic rings. The summed E-state index contributed by atoms with van der Waals surface area (Å²) in [7, 11) is 1.97. The van der Waals surface area contributed by atoms with Gasteiger partial charge in [0, 0.05) is 25.3 Å². The van der Waals surface area contributed by atoms with Crippen LogP contribution < -0.4 is 10.2 Å². The van der Waals surface area contributed by atoms with Crippen LogP contribution in [-0.4, -0.2) is 31.2 Å². The maximum absolute atomic E-state index is 8.97. The molecule has 4 heteroatoms. The Bertz CT molecular complexity index is 382. The monoisotopic (exact) mass is 202 g/mol. The Kier molecular flexibility index (Phi) is 2.84. The molecule has 1 aliphatic heterocycles. The van der Waals surface area contributed by atoms with E-state index >= 15 is 0 Å². The summed E-state index contributed by atoms with van der Waals surface area (Å²) in [5, 5.41) is 12.2. The van der Waals surface area contributed by atoms with Crippen LogP contribution in [0.15, 0.2) is 18.3 Å². The van der Waals surface area contributed by atoms with Gasteiger partial charge >= 0.3 is 0 Å². The molecule has 1 N–H and O–H groups in total. The van der Waals surface area contributed by atoms with E-state index in [-0.39, 0.29) is 0 Å². The van der Waals surface area contributed by atoms with Crippen LogP contribution in [0.2, 0.25) is 0 Å². The van der Waals surface area contributed by atoms with Gasteiger partial charge in [0.25, 0.3) is 0 Å². The predicted molar refractivity (Wildman–Crippen MR) is 58.6 cm³/mol. The average molecular weight is 202 g/mol. The zero-order valence-electron chi connectivity index (χ0n) is 8.77. The summed E-state index contributed by atoms with van der Waals surface area (Å²) in [4.78, 5) is 6.44. The van der Waals surface area contributed by atoms with Crippen molar-refractivity contribution in [2.24, 2.45) is 0 Å². The molecular weight excluding hydrogens is 188 g/mol. The summed E-state index contributed by atoms with van der Waals surface area (Å²) < 4.78 is 0. The molecule has 2 heterocycles. The number of nitrogens with one attached hydrogen (secondary N) is 1. The molecule has 78 valence electrons. The van der Waals surface area contributed by atoms with Gasteiger partial charge in [0.05, 0.1) is 5.56 Å². The van der Waals surface area contributed by atoms with Gasteiger partial charge in [-0.05, 0) is 25.6 Å². The lowest BCUT2D eigenvalue weighted by molar-refractivity contribution is 0.616. The fourth-order valence-electron chi connectivity index (χ4n) is 1.92. The van der Waals surface area contributed by atoms with Crippen LogP contribution in [0.25, 0.3) is 0 Å². The van der Waals surface area contributed by atoms with Crippen molar-refractivity contribution in [3.63, 3.8) is 0 Å². The van der Waals surface area contributed by atoms with Crippen molar-refractivity contribution in [2.45, 2.75) is 12.5 Å². The maximum Gasteiger partial charge on any atom is 0.146 e. The van der Waals surface area contributed by atoms with Crippen molar-refractivity contribution in [1.82, 2.24) is 10.3 Å². The first kappa shape index (κ1) is 9.94. The minimum Gasteiger partial charge on any atom is -0.354 e. The van der Waals surface area contributed by atoms with Crippen LogP contribution in [0.4, 0.5) is 5.82 Å². The minimum atomic E-state index is 0.513. The van der Waals surface area contributed by atoms with E-state index in [9.17, 15) is 0 Å². The molecule has 4 nitrogen and oxygen atoms in total. The average Bonchev–Trinajstić information content (AvgIpc) is 2.77. The van der Waals surface area contributed by atoms with Crippen LogP contribution in [0.1, 0.15) is 12.0 Å². The number of hydrogen-bond acceptors (Lipinski definition) is 4. The predicted octanol–water partition coefficient (Wildman–Crippen LogP) is 0.751. The zero-order chi connectivity index (χ0) is 10.7. The molecule has 0 radical (unpaired) electrons. The van der Waals surface area contributed by atoms with Gasteiger partial charge in [-0.15, -0.1) is 0 Å². The van der Waals surface area contributed by atoms with E-state index < -0.39 is 0 Å². The highest BCUT2D eigenvalue weighted by molar-refractivity contribution is 5.54. The third-order valence-corrected chi connectivity index (χ3v) is 2.80. The number of pyridine rings is 1. The molecular formula is C11H14N4. The molecule has 1 unspecified atom stereocenters. The Morgan fingerprint density at radius 2 is 2.53 bits per heavy atom. The Morgan fingerprint density at radius 1 is 1.67 bits per heavy atom. The van der Waals surface area contributed by atoms with E-state index in [0.29, 0.717) is 11.6 Å². The molecule has 1 atom stereocenters. The molecule has 0 aromatic carbocycles. The van der Waals surface area contributed by atoms with Crippen molar-refractivity contribution < 1.29 is 0 Å². The Labute approximate surface area is 89.5 Å². The van der Waals surface area contributed by atoms with E-state index in [1.54, 1.807) is 12.3 Å². The number of likely N-dealkylation sites (N-methyl/N-ethyl adjacent to an activating group) is 1. The number of anilines is 1. The largest absolute Gasteiger partial charge is 0.354 e. The van der Waals surface area contributed by atoms with Gasteiger partial charge in [0.2, 0.25) is 0 Å². The molecule has 1 saturated heterocycles. The highest BCUT2D eigenvalue weighted by atomic mass is 15.2. The van der Waals surface area contributed by atoms with Gasteiger partial charge in [-0.2, -0.15) is 5.26 Å².